The van der Waals surface area contributed by atoms with Crippen LogP contribution in [0.2, 0.25) is 0 Å². The highest BCUT2D eigenvalue weighted by molar-refractivity contribution is 9.10. The van der Waals surface area contributed by atoms with Crippen molar-refractivity contribution in [1.29, 1.82) is 0 Å². The molecule has 3 rings (SSSR count). The standard InChI is InChI=1S/C18H16BrN3O3S/c1-12(17(23)24)26-18-21-20-16(22(18)14-5-3-2-4-6-14)11-25-15-9-7-13(19)8-10-15/h2-10,12H,11H2,1H3,(H,23,24)/t12-/m1/s1. The molecule has 1 atom stereocenters. The number of aliphatic carboxylic acids is 1. The van der Waals surface area contributed by atoms with E-state index in [1.165, 1.54) is 0 Å². The van der Waals surface area contributed by atoms with Crippen LogP contribution in [-0.4, -0.2) is 31.1 Å². The molecule has 0 unspecified atom stereocenters. The van der Waals surface area contributed by atoms with Crippen LogP contribution in [0.25, 0.3) is 5.69 Å². The molecule has 1 N–H and O–H groups in total. The van der Waals surface area contributed by atoms with Gasteiger partial charge < -0.3 is 9.84 Å². The summed E-state index contributed by atoms with van der Waals surface area (Å²) in [5.41, 5.74) is 0.854. The SMILES string of the molecule is C[C@@H](Sc1nnc(COc2ccc(Br)cc2)n1-c1ccccc1)C(=O)O. The average Bonchev–Trinajstić information content (AvgIpc) is 3.04. The van der Waals surface area contributed by atoms with Gasteiger partial charge in [-0.1, -0.05) is 45.9 Å². The molecule has 0 radical (unpaired) electrons. The summed E-state index contributed by atoms with van der Waals surface area (Å²) in [5, 5.41) is 17.4. The maximum Gasteiger partial charge on any atom is 0.316 e. The van der Waals surface area contributed by atoms with E-state index >= 15 is 0 Å². The molecule has 1 aromatic heterocycles. The second-order valence-corrected chi connectivity index (χ2v) is 7.63. The van der Waals surface area contributed by atoms with Gasteiger partial charge in [0, 0.05) is 10.2 Å². The Bertz CT molecular complexity index is 884. The van der Waals surface area contributed by atoms with Crippen molar-refractivity contribution in [2.24, 2.45) is 0 Å². The lowest BCUT2D eigenvalue weighted by Gasteiger charge is -2.12. The van der Waals surface area contributed by atoms with E-state index in [1.807, 2.05) is 59.2 Å². The zero-order valence-corrected chi connectivity index (χ0v) is 16.3. The van der Waals surface area contributed by atoms with E-state index in [2.05, 4.69) is 26.1 Å². The number of aromatic nitrogens is 3. The number of rotatable bonds is 7. The van der Waals surface area contributed by atoms with E-state index in [0.717, 1.165) is 21.9 Å². The van der Waals surface area contributed by atoms with Gasteiger partial charge in [-0.25, -0.2) is 0 Å². The molecule has 3 aromatic rings. The fourth-order valence-electron chi connectivity index (χ4n) is 2.19. The summed E-state index contributed by atoms with van der Waals surface area (Å²) in [6.07, 6.45) is 0. The Balaban J connectivity index is 1.88. The maximum absolute atomic E-state index is 11.2. The summed E-state index contributed by atoms with van der Waals surface area (Å²) < 4.78 is 8.60. The summed E-state index contributed by atoms with van der Waals surface area (Å²) in [6.45, 7) is 1.83. The molecule has 0 spiro atoms. The number of benzene rings is 2. The number of carbonyl (C=O) groups is 1. The molecule has 0 saturated heterocycles. The third kappa shape index (κ3) is 4.44. The fourth-order valence-corrected chi connectivity index (χ4v) is 3.28. The van der Waals surface area contributed by atoms with E-state index in [1.54, 1.807) is 6.92 Å². The first-order valence-corrected chi connectivity index (χ1v) is 9.49. The molecule has 8 heteroatoms. The number of hydrogen-bond donors (Lipinski definition) is 1. The summed E-state index contributed by atoms with van der Waals surface area (Å²) >= 11 is 4.53. The quantitative estimate of drug-likeness (QED) is 0.563. The minimum Gasteiger partial charge on any atom is -0.486 e. The van der Waals surface area contributed by atoms with Gasteiger partial charge in [-0.05, 0) is 43.3 Å². The van der Waals surface area contributed by atoms with E-state index in [9.17, 15) is 9.90 Å². The van der Waals surface area contributed by atoms with Crippen molar-refractivity contribution in [3.8, 4) is 11.4 Å². The van der Waals surface area contributed by atoms with Gasteiger partial charge in [0.05, 0.1) is 0 Å². The summed E-state index contributed by atoms with van der Waals surface area (Å²) in [7, 11) is 0. The van der Waals surface area contributed by atoms with Crippen LogP contribution in [0, 0.1) is 0 Å². The van der Waals surface area contributed by atoms with Gasteiger partial charge in [0.1, 0.15) is 17.6 Å². The lowest BCUT2D eigenvalue weighted by molar-refractivity contribution is -0.136. The van der Waals surface area contributed by atoms with Crippen molar-refractivity contribution in [3.63, 3.8) is 0 Å². The van der Waals surface area contributed by atoms with Crippen molar-refractivity contribution in [2.45, 2.75) is 23.9 Å². The highest BCUT2D eigenvalue weighted by Crippen LogP contribution is 2.26. The normalized spacial score (nSPS) is 11.9. The number of carboxylic acids is 1. The van der Waals surface area contributed by atoms with Crippen molar-refractivity contribution in [3.05, 3.63) is 64.9 Å². The van der Waals surface area contributed by atoms with Crippen molar-refractivity contribution < 1.29 is 14.6 Å². The van der Waals surface area contributed by atoms with E-state index in [4.69, 9.17) is 4.74 Å². The van der Waals surface area contributed by atoms with E-state index in [-0.39, 0.29) is 6.61 Å². The number of nitrogens with zero attached hydrogens (tertiary/aromatic N) is 3. The fraction of sp³-hybridized carbons (Fsp3) is 0.167. The van der Waals surface area contributed by atoms with Crippen LogP contribution in [0.3, 0.4) is 0 Å². The van der Waals surface area contributed by atoms with Gasteiger partial charge in [-0.3, -0.25) is 9.36 Å². The molecule has 0 aliphatic heterocycles. The Kier molecular flexibility index (Phi) is 5.95. The third-order valence-corrected chi connectivity index (χ3v) is 5.09. The Labute approximate surface area is 163 Å². The smallest absolute Gasteiger partial charge is 0.316 e. The van der Waals surface area contributed by atoms with Crippen LogP contribution < -0.4 is 4.74 Å². The maximum atomic E-state index is 11.2. The number of ether oxygens (including phenoxy) is 1. The zero-order valence-electron chi connectivity index (χ0n) is 13.9. The minimum absolute atomic E-state index is 0.214. The molecule has 6 nitrogen and oxygen atoms in total. The number of carboxylic acid groups (broad SMARTS) is 1. The molecular weight excluding hydrogens is 418 g/mol. The highest BCUT2D eigenvalue weighted by Gasteiger charge is 2.20. The predicted octanol–water partition coefficient (Wildman–Crippen LogP) is 4.17. The van der Waals surface area contributed by atoms with Crippen LogP contribution in [-0.2, 0) is 11.4 Å². The molecule has 0 aliphatic rings. The van der Waals surface area contributed by atoms with E-state index in [0.29, 0.717) is 16.7 Å². The van der Waals surface area contributed by atoms with Gasteiger partial charge in [-0.2, -0.15) is 0 Å². The topological polar surface area (TPSA) is 77.2 Å². The predicted molar refractivity (Wildman–Crippen MR) is 103 cm³/mol. The molecule has 2 aromatic carbocycles. The van der Waals surface area contributed by atoms with Crippen molar-refractivity contribution >= 4 is 33.7 Å². The molecule has 0 amide bonds. The third-order valence-electron chi connectivity index (χ3n) is 3.53. The monoisotopic (exact) mass is 433 g/mol. The molecule has 0 fully saturated rings. The molecule has 0 saturated carbocycles. The molecule has 134 valence electrons. The Morgan fingerprint density at radius 1 is 1.19 bits per heavy atom. The highest BCUT2D eigenvalue weighted by atomic mass is 79.9. The van der Waals surface area contributed by atoms with Gasteiger partial charge in [0.2, 0.25) is 0 Å². The van der Waals surface area contributed by atoms with Crippen LogP contribution in [0.5, 0.6) is 5.75 Å². The van der Waals surface area contributed by atoms with Gasteiger partial charge in [0.15, 0.2) is 11.0 Å². The summed E-state index contributed by atoms with van der Waals surface area (Å²) in [5.74, 6) is 0.411. The van der Waals surface area contributed by atoms with Crippen LogP contribution in [0.4, 0.5) is 0 Å². The van der Waals surface area contributed by atoms with E-state index < -0.39 is 11.2 Å². The number of halogens is 1. The zero-order chi connectivity index (χ0) is 18.5. The lowest BCUT2D eigenvalue weighted by atomic mass is 10.3. The first kappa shape index (κ1) is 18.5. The number of hydrogen-bond acceptors (Lipinski definition) is 5. The second kappa shape index (κ2) is 8.37. The number of thioether (sulfide) groups is 1. The van der Waals surface area contributed by atoms with Gasteiger partial charge >= 0.3 is 5.97 Å². The number of para-hydroxylation sites is 1. The van der Waals surface area contributed by atoms with Gasteiger partial charge in [-0.15, -0.1) is 10.2 Å². The van der Waals surface area contributed by atoms with Crippen molar-refractivity contribution in [2.75, 3.05) is 0 Å². The lowest BCUT2D eigenvalue weighted by Crippen LogP contribution is -2.13. The second-order valence-electron chi connectivity index (χ2n) is 5.41. The summed E-state index contributed by atoms with van der Waals surface area (Å²) in [6, 6.07) is 17.1. The van der Waals surface area contributed by atoms with Crippen LogP contribution in [0.1, 0.15) is 12.7 Å². The Morgan fingerprint density at radius 2 is 1.88 bits per heavy atom. The van der Waals surface area contributed by atoms with Crippen LogP contribution in [0.15, 0.2) is 64.2 Å². The summed E-state index contributed by atoms with van der Waals surface area (Å²) in [4.78, 5) is 11.2. The molecule has 26 heavy (non-hydrogen) atoms. The largest absolute Gasteiger partial charge is 0.486 e. The molecule has 1 heterocycles. The average molecular weight is 434 g/mol. The van der Waals surface area contributed by atoms with Crippen LogP contribution >= 0.6 is 27.7 Å². The minimum atomic E-state index is -0.898. The molecule has 0 aliphatic carbocycles. The van der Waals surface area contributed by atoms with Gasteiger partial charge in [0.25, 0.3) is 0 Å². The molecule has 0 bridgehead atoms. The first-order chi connectivity index (χ1) is 12.5. The molecular formula is C18H16BrN3O3S. The van der Waals surface area contributed by atoms with Crippen molar-refractivity contribution in [1.82, 2.24) is 14.8 Å². The Morgan fingerprint density at radius 3 is 2.54 bits per heavy atom. The first-order valence-electron chi connectivity index (χ1n) is 7.82. The Hall–Kier alpha value is -2.32.